The standard InChI is InChI=1S/C25H19F6N5O3/c26-16-6-19-34-20-17(37)5-14(13-3-1-2-4-18(13)39-22(27)28)21(20)36(19)9-15(16)12-7-32-23(33-8-12)35-10-24(38,11-35)25(29,30)31/h1-4,6-9,14,17,22,37-38H,5,10-11H2/t14-,17-/m1/s1. The number of aliphatic hydroxyl groups excluding tert-OH is 1. The highest BCUT2D eigenvalue weighted by Gasteiger charge is 2.61. The maximum atomic E-state index is 15.1. The number of aromatic nitrogens is 4. The highest BCUT2D eigenvalue weighted by atomic mass is 19.4. The van der Waals surface area contributed by atoms with Crippen LogP contribution in [0.25, 0.3) is 16.8 Å². The normalized spacial score (nSPS) is 20.4. The van der Waals surface area contributed by atoms with E-state index in [0.29, 0.717) is 11.3 Å². The number of imidazole rings is 1. The van der Waals surface area contributed by atoms with Gasteiger partial charge in [-0.2, -0.15) is 22.0 Å². The zero-order valence-electron chi connectivity index (χ0n) is 19.8. The minimum atomic E-state index is -4.79. The molecule has 0 unspecified atom stereocenters. The molecular formula is C25H19F6N5O3. The van der Waals surface area contributed by atoms with Gasteiger partial charge in [0.15, 0.2) is 5.60 Å². The van der Waals surface area contributed by atoms with Gasteiger partial charge in [0.1, 0.15) is 17.2 Å². The van der Waals surface area contributed by atoms with E-state index in [1.54, 1.807) is 22.6 Å². The average molecular weight is 551 g/mol. The highest BCUT2D eigenvalue weighted by Crippen LogP contribution is 2.47. The first-order chi connectivity index (χ1) is 18.4. The second kappa shape index (κ2) is 8.81. The zero-order valence-corrected chi connectivity index (χ0v) is 19.8. The number of anilines is 1. The molecule has 204 valence electrons. The largest absolute Gasteiger partial charge is 0.435 e. The van der Waals surface area contributed by atoms with Gasteiger partial charge in [-0.25, -0.2) is 19.3 Å². The van der Waals surface area contributed by atoms with Gasteiger partial charge in [-0.1, -0.05) is 18.2 Å². The summed E-state index contributed by atoms with van der Waals surface area (Å²) in [5, 5.41) is 20.3. The number of hydrogen-bond acceptors (Lipinski definition) is 7. The zero-order chi connectivity index (χ0) is 27.7. The summed E-state index contributed by atoms with van der Waals surface area (Å²) in [6.45, 7) is -4.50. The third-order valence-electron chi connectivity index (χ3n) is 7.05. The van der Waals surface area contributed by atoms with Crippen LogP contribution >= 0.6 is 0 Å². The quantitative estimate of drug-likeness (QED) is 0.359. The van der Waals surface area contributed by atoms with E-state index in [1.165, 1.54) is 24.7 Å². The SMILES string of the molecule is O[C@@H]1C[C@H](c2ccccc2OC(F)F)c2c1nc1cc(F)c(-c3cnc(N4CC(O)(C(F)(F)F)C4)nc3)cn21. The Hall–Kier alpha value is -3.91. The van der Waals surface area contributed by atoms with Crippen molar-refractivity contribution in [3.63, 3.8) is 0 Å². The summed E-state index contributed by atoms with van der Waals surface area (Å²) in [7, 11) is 0. The molecule has 1 aliphatic heterocycles. The molecule has 39 heavy (non-hydrogen) atoms. The minimum absolute atomic E-state index is 0.0434. The maximum Gasteiger partial charge on any atom is 0.420 e. The van der Waals surface area contributed by atoms with Gasteiger partial charge in [0.25, 0.3) is 0 Å². The smallest absolute Gasteiger partial charge is 0.420 e. The number of nitrogens with zero attached hydrogens (tertiary/aromatic N) is 5. The molecule has 4 aromatic rings. The minimum Gasteiger partial charge on any atom is -0.435 e. The summed E-state index contributed by atoms with van der Waals surface area (Å²) in [6.07, 6.45) is -1.76. The molecule has 14 heteroatoms. The molecule has 4 heterocycles. The maximum absolute atomic E-state index is 15.1. The molecule has 0 amide bonds. The van der Waals surface area contributed by atoms with Crippen LogP contribution in [0.1, 0.15) is 35.4 Å². The van der Waals surface area contributed by atoms with Crippen LogP contribution in [0.15, 0.2) is 48.9 Å². The number of fused-ring (bicyclic) bond motifs is 3. The number of rotatable bonds is 5. The van der Waals surface area contributed by atoms with Crippen LogP contribution in [0.2, 0.25) is 0 Å². The van der Waals surface area contributed by atoms with Crippen molar-refractivity contribution < 1.29 is 41.3 Å². The van der Waals surface area contributed by atoms with E-state index >= 15 is 4.39 Å². The van der Waals surface area contributed by atoms with E-state index in [2.05, 4.69) is 19.7 Å². The lowest BCUT2D eigenvalue weighted by molar-refractivity contribution is -0.267. The lowest BCUT2D eigenvalue weighted by Gasteiger charge is -2.46. The van der Waals surface area contributed by atoms with Crippen molar-refractivity contribution in [3.05, 3.63) is 71.7 Å². The Morgan fingerprint density at radius 2 is 1.79 bits per heavy atom. The first kappa shape index (κ1) is 25.4. The predicted molar refractivity (Wildman–Crippen MR) is 124 cm³/mol. The Kier molecular flexibility index (Phi) is 5.73. The Morgan fingerprint density at radius 3 is 2.46 bits per heavy atom. The molecule has 0 radical (unpaired) electrons. The van der Waals surface area contributed by atoms with Crippen molar-refractivity contribution in [2.75, 3.05) is 18.0 Å². The van der Waals surface area contributed by atoms with Crippen LogP contribution < -0.4 is 9.64 Å². The van der Waals surface area contributed by atoms with Crippen LogP contribution in [0, 0.1) is 5.82 Å². The average Bonchev–Trinajstić information content (AvgIpc) is 3.37. The molecule has 2 N–H and O–H groups in total. The Balaban J connectivity index is 1.35. The van der Waals surface area contributed by atoms with Gasteiger partial charge in [-0.3, -0.25) is 0 Å². The molecule has 0 spiro atoms. The van der Waals surface area contributed by atoms with E-state index in [1.807, 2.05) is 0 Å². The molecule has 1 saturated heterocycles. The van der Waals surface area contributed by atoms with Gasteiger partial charge in [0.05, 0.1) is 30.6 Å². The summed E-state index contributed by atoms with van der Waals surface area (Å²) >= 11 is 0. The molecule has 1 aromatic carbocycles. The van der Waals surface area contributed by atoms with Gasteiger partial charge in [0, 0.05) is 47.3 Å². The Bertz CT molecular complexity index is 1550. The van der Waals surface area contributed by atoms with Crippen LogP contribution in [0.5, 0.6) is 5.75 Å². The van der Waals surface area contributed by atoms with E-state index in [4.69, 9.17) is 0 Å². The molecule has 2 atom stereocenters. The molecule has 0 saturated carbocycles. The summed E-state index contributed by atoms with van der Waals surface area (Å²) in [5.41, 5.74) is -1.23. The van der Waals surface area contributed by atoms with Crippen molar-refractivity contribution in [2.24, 2.45) is 0 Å². The Morgan fingerprint density at radius 1 is 1.10 bits per heavy atom. The first-order valence-corrected chi connectivity index (χ1v) is 11.7. The van der Waals surface area contributed by atoms with Gasteiger partial charge >= 0.3 is 12.8 Å². The third kappa shape index (κ3) is 4.14. The first-order valence-electron chi connectivity index (χ1n) is 11.7. The van der Waals surface area contributed by atoms with Crippen LogP contribution in [-0.4, -0.2) is 61.0 Å². The number of pyridine rings is 1. The summed E-state index contributed by atoms with van der Waals surface area (Å²) in [6, 6.07) is 7.34. The fourth-order valence-corrected chi connectivity index (χ4v) is 5.13. The number of hydrogen-bond donors (Lipinski definition) is 2. The number of β-amino-alcohol motifs (C(OH)–C–C–N with tert-alkyl or cyclic N) is 1. The summed E-state index contributed by atoms with van der Waals surface area (Å²) in [4.78, 5) is 13.6. The number of para-hydroxylation sites is 1. The number of halogens is 6. The second-order valence-electron chi connectivity index (χ2n) is 9.52. The lowest BCUT2D eigenvalue weighted by atomic mass is 9.94. The van der Waals surface area contributed by atoms with Crippen LogP contribution in [0.4, 0.5) is 32.3 Å². The molecule has 6 rings (SSSR count). The van der Waals surface area contributed by atoms with E-state index in [0.717, 1.165) is 11.0 Å². The monoisotopic (exact) mass is 551 g/mol. The summed E-state index contributed by atoms with van der Waals surface area (Å²) < 4.78 is 86.2. The molecule has 1 fully saturated rings. The number of ether oxygens (including phenoxy) is 1. The molecule has 3 aromatic heterocycles. The van der Waals surface area contributed by atoms with Crippen LogP contribution in [-0.2, 0) is 0 Å². The number of benzene rings is 1. The molecular weight excluding hydrogens is 532 g/mol. The van der Waals surface area contributed by atoms with Crippen molar-refractivity contribution >= 4 is 11.6 Å². The third-order valence-corrected chi connectivity index (χ3v) is 7.05. The van der Waals surface area contributed by atoms with E-state index in [9.17, 15) is 32.2 Å². The van der Waals surface area contributed by atoms with Crippen molar-refractivity contribution in [1.82, 2.24) is 19.4 Å². The fourth-order valence-electron chi connectivity index (χ4n) is 5.13. The van der Waals surface area contributed by atoms with Crippen molar-refractivity contribution in [1.29, 1.82) is 0 Å². The van der Waals surface area contributed by atoms with Gasteiger partial charge in [0.2, 0.25) is 5.95 Å². The number of aliphatic hydroxyl groups is 2. The topological polar surface area (TPSA) is 96.0 Å². The fraction of sp³-hybridized carbons (Fsp3) is 0.320. The molecule has 1 aliphatic carbocycles. The highest BCUT2D eigenvalue weighted by molar-refractivity contribution is 5.66. The van der Waals surface area contributed by atoms with E-state index in [-0.39, 0.29) is 40.6 Å². The molecule has 0 bridgehead atoms. The van der Waals surface area contributed by atoms with E-state index < -0.39 is 49.3 Å². The van der Waals surface area contributed by atoms with Gasteiger partial charge in [-0.05, 0) is 12.5 Å². The van der Waals surface area contributed by atoms with Gasteiger partial charge < -0.3 is 24.3 Å². The van der Waals surface area contributed by atoms with Crippen LogP contribution in [0.3, 0.4) is 0 Å². The summed E-state index contributed by atoms with van der Waals surface area (Å²) in [5.74, 6) is -1.39. The van der Waals surface area contributed by atoms with Gasteiger partial charge in [-0.15, -0.1) is 0 Å². The second-order valence-corrected chi connectivity index (χ2v) is 9.52. The Labute approximate surface area is 216 Å². The predicted octanol–water partition coefficient (Wildman–Crippen LogP) is 4.21. The van der Waals surface area contributed by atoms with Crippen molar-refractivity contribution in [3.8, 4) is 16.9 Å². The molecule has 8 nitrogen and oxygen atoms in total. The van der Waals surface area contributed by atoms with Crippen molar-refractivity contribution in [2.45, 2.75) is 36.8 Å². The number of alkyl halides is 5. The molecule has 2 aliphatic rings. The lowest BCUT2D eigenvalue weighted by Crippen LogP contribution is -2.69.